The van der Waals surface area contributed by atoms with Gasteiger partial charge < -0.3 is 9.84 Å². The van der Waals surface area contributed by atoms with Crippen LogP contribution in [0.2, 0.25) is 0 Å². The van der Waals surface area contributed by atoms with Crippen LogP contribution in [-0.2, 0) is 14.3 Å². The predicted molar refractivity (Wildman–Crippen MR) is 96.6 cm³/mol. The number of carbonyl (C=O) groups is 2. The highest BCUT2D eigenvalue weighted by atomic mass is 19.1. The number of hydrogen-bond donors (Lipinski definition) is 1. The molecule has 146 valence electrons. The molecule has 1 N–H and O–H groups in total. The Morgan fingerprint density at radius 1 is 1.30 bits per heavy atom. The Labute approximate surface area is 158 Å². The highest BCUT2D eigenvalue weighted by Crippen LogP contribution is 2.76. The molecule has 1 saturated heterocycles. The van der Waals surface area contributed by atoms with E-state index in [-0.39, 0.29) is 35.4 Å². The van der Waals surface area contributed by atoms with E-state index < -0.39 is 28.2 Å². The van der Waals surface area contributed by atoms with Crippen molar-refractivity contribution in [3.8, 4) is 0 Å². The lowest BCUT2D eigenvalue weighted by atomic mass is 9.46. The van der Waals surface area contributed by atoms with Crippen LogP contribution < -0.4 is 0 Å². The summed E-state index contributed by atoms with van der Waals surface area (Å²) < 4.78 is 21.6. The van der Waals surface area contributed by atoms with Crippen LogP contribution in [-0.4, -0.2) is 40.2 Å². The standard InChI is InChI=1S/C22H27FO4/c1-11-7-14-15-9-17(23)16-8-13(25)5-6-19(16,3)22(15)18(27-22)10-20(14,4)21(11,26)12(2)24/h5-6,8,11,14-15,17-18,26H,7,9-10H2,1-4H3/t11-,14-,15-,17-,18-,19-,20-,21-,22+/m0/s1. The topological polar surface area (TPSA) is 66.9 Å². The van der Waals surface area contributed by atoms with E-state index in [1.165, 1.54) is 19.1 Å². The maximum absolute atomic E-state index is 15.3. The van der Waals surface area contributed by atoms with Gasteiger partial charge in [-0.25, -0.2) is 4.39 Å². The molecule has 4 nitrogen and oxygen atoms in total. The van der Waals surface area contributed by atoms with Gasteiger partial charge in [-0.2, -0.15) is 0 Å². The van der Waals surface area contributed by atoms with Gasteiger partial charge in [0, 0.05) is 10.8 Å². The van der Waals surface area contributed by atoms with E-state index in [0.717, 1.165) is 0 Å². The van der Waals surface area contributed by atoms with Gasteiger partial charge in [0.2, 0.25) is 0 Å². The van der Waals surface area contributed by atoms with Crippen molar-refractivity contribution in [3.63, 3.8) is 0 Å². The summed E-state index contributed by atoms with van der Waals surface area (Å²) >= 11 is 0. The molecule has 0 radical (unpaired) electrons. The van der Waals surface area contributed by atoms with Gasteiger partial charge in [-0.15, -0.1) is 0 Å². The van der Waals surface area contributed by atoms with Gasteiger partial charge >= 0.3 is 0 Å². The Morgan fingerprint density at radius 2 is 2.00 bits per heavy atom. The van der Waals surface area contributed by atoms with Gasteiger partial charge in [0.1, 0.15) is 17.4 Å². The van der Waals surface area contributed by atoms with Crippen molar-refractivity contribution in [1.82, 2.24) is 0 Å². The maximum Gasteiger partial charge on any atom is 0.178 e. The maximum atomic E-state index is 15.3. The molecule has 4 aliphatic carbocycles. The van der Waals surface area contributed by atoms with Crippen LogP contribution >= 0.6 is 0 Å². The quantitative estimate of drug-likeness (QED) is 0.717. The molecule has 3 saturated carbocycles. The molecule has 0 amide bonds. The van der Waals surface area contributed by atoms with E-state index in [2.05, 4.69) is 0 Å². The number of hydrogen-bond acceptors (Lipinski definition) is 4. The Balaban J connectivity index is 1.64. The second-order valence-corrected chi connectivity index (χ2v) is 9.93. The molecular formula is C22H27FO4. The van der Waals surface area contributed by atoms with Crippen molar-refractivity contribution in [2.75, 3.05) is 0 Å². The third kappa shape index (κ3) is 1.69. The number of ether oxygens (including phenoxy) is 1. The lowest BCUT2D eigenvalue weighted by molar-refractivity contribution is -0.161. The van der Waals surface area contributed by atoms with E-state index in [1.807, 2.05) is 26.8 Å². The summed E-state index contributed by atoms with van der Waals surface area (Å²) in [6, 6.07) is 0. The SMILES string of the molecule is CC(=O)[C@@]1(O)[C@@H](C)C[C@H]2[C@@H]3C[C@H](F)C4=CC(=O)C=C[C@]4(C)[C@@]34O[C@H]4C[C@@]21C. The van der Waals surface area contributed by atoms with Gasteiger partial charge in [0.05, 0.1) is 6.10 Å². The van der Waals surface area contributed by atoms with Crippen LogP contribution in [0.1, 0.15) is 47.0 Å². The van der Waals surface area contributed by atoms with Crippen molar-refractivity contribution in [3.05, 3.63) is 23.8 Å². The van der Waals surface area contributed by atoms with E-state index >= 15 is 4.39 Å². The monoisotopic (exact) mass is 374 g/mol. The van der Waals surface area contributed by atoms with Crippen LogP contribution in [0, 0.1) is 28.6 Å². The minimum atomic E-state index is -1.39. The van der Waals surface area contributed by atoms with E-state index in [0.29, 0.717) is 24.8 Å². The smallest absolute Gasteiger partial charge is 0.178 e. The number of ketones is 2. The first-order valence-electron chi connectivity index (χ1n) is 10.0. The molecule has 5 aliphatic rings. The fourth-order valence-electron chi connectivity index (χ4n) is 7.73. The number of Topliss-reactive ketones (excluding diaryl/α,β-unsaturated/α-hetero) is 1. The van der Waals surface area contributed by atoms with Crippen LogP contribution in [0.4, 0.5) is 4.39 Å². The van der Waals surface area contributed by atoms with Gasteiger partial charge in [-0.3, -0.25) is 9.59 Å². The minimum absolute atomic E-state index is 0.0165. The first kappa shape index (κ1) is 17.7. The summed E-state index contributed by atoms with van der Waals surface area (Å²) in [6.07, 6.45) is 5.07. The second-order valence-electron chi connectivity index (χ2n) is 9.93. The van der Waals surface area contributed by atoms with Crippen LogP contribution in [0.15, 0.2) is 23.8 Å². The molecule has 5 rings (SSSR count). The highest BCUT2D eigenvalue weighted by Gasteiger charge is 2.82. The largest absolute Gasteiger partial charge is 0.381 e. The predicted octanol–water partition coefficient (Wildman–Crippen LogP) is 2.94. The Morgan fingerprint density at radius 3 is 2.67 bits per heavy atom. The number of aliphatic hydroxyl groups is 1. The third-order valence-electron chi connectivity index (χ3n) is 9.04. The number of epoxide rings is 1. The molecule has 1 spiro atoms. The molecule has 0 aromatic rings. The first-order valence-corrected chi connectivity index (χ1v) is 10.0. The molecule has 1 aliphatic heterocycles. The minimum Gasteiger partial charge on any atom is -0.381 e. The third-order valence-corrected chi connectivity index (χ3v) is 9.04. The number of fused-ring (bicyclic) bond motifs is 3. The fraction of sp³-hybridized carbons (Fsp3) is 0.727. The Kier molecular flexibility index (Phi) is 3.15. The number of rotatable bonds is 1. The summed E-state index contributed by atoms with van der Waals surface area (Å²) in [7, 11) is 0. The zero-order valence-corrected chi connectivity index (χ0v) is 16.3. The van der Waals surface area contributed by atoms with E-state index in [9.17, 15) is 14.7 Å². The van der Waals surface area contributed by atoms with E-state index in [1.54, 1.807) is 0 Å². The highest BCUT2D eigenvalue weighted by molar-refractivity contribution is 6.01. The molecule has 27 heavy (non-hydrogen) atoms. The molecule has 0 aromatic carbocycles. The fourth-order valence-corrected chi connectivity index (χ4v) is 7.73. The summed E-state index contributed by atoms with van der Waals surface area (Å²) in [5.41, 5.74) is -2.64. The number of halogens is 1. The van der Waals surface area contributed by atoms with Crippen LogP contribution in [0.25, 0.3) is 0 Å². The van der Waals surface area contributed by atoms with Gasteiger partial charge in [0.15, 0.2) is 11.6 Å². The first-order chi connectivity index (χ1) is 12.5. The van der Waals surface area contributed by atoms with Crippen molar-refractivity contribution in [1.29, 1.82) is 0 Å². The lowest BCUT2D eigenvalue weighted by Crippen LogP contribution is -2.62. The second kappa shape index (κ2) is 4.80. The van der Waals surface area contributed by atoms with E-state index in [4.69, 9.17) is 4.74 Å². The molecule has 5 heteroatoms. The summed E-state index contributed by atoms with van der Waals surface area (Å²) in [5, 5.41) is 11.4. The van der Waals surface area contributed by atoms with Crippen molar-refractivity contribution >= 4 is 11.6 Å². The zero-order valence-electron chi connectivity index (χ0n) is 16.3. The Bertz CT molecular complexity index is 832. The molecule has 9 atom stereocenters. The van der Waals surface area contributed by atoms with Gasteiger partial charge in [-0.1, -0.05) is 19.9 Å². The van der Waals surface area contributed by atoms with Crippen molar-refractivity contribution in [2.45, 2.75) is 70.4 Å². The van der Waals surface area contributed by atoms with Crippen molar-refractivity contribution in [2.24, 2.45) is 28.6 Å². The molecular weight excluding hydrogens is 347 g/mol. The van der Waals surface area contributed by atoms with Crippen molar-refractivity contribution < 1.29 is 23.8 Å². The van der Waals surface area contributed by atoms with Gasteiger partial charge in [0.25, 0.3) is 0 Å². The molecule has 0 bridgehead atoms. The van der Waals surface area contributed by atoms with Crippen LogP contribution in [0.5, 0.6) is 0 Å². The van der Waals surface area contributed by atoms with Crippen LogP contribution in [0.3, 0.4) is 0 Å². The average Bonchev–Trinajstić information content (AvgIpc) is 3.27. The molecule has 1 heterocycles. The summed E-state index contributed by atoms with van der Waals surface area (Å²) in [6.45, 7) is 7.39. The lowest BCUT2D eigenvalue weighted by Gasteiger charge is -2.56. The summed E-state index contributed by atoms with van der Waals surface area (Å²) in [5.74, 6) is -0.588. The number of alkyl halides is 1. The van der Waals surface area contributed by atoms with Gasteiger partial charge in [-0.05, 0) is 68.6 Å². The molecule has 0 aromatic heterocycles. The normalized spacial score (nSPS) is 57.9. The number of carbonyl (C=O) groups excluding carboxylic acids is 2. The molecule has 0 unspecified atom stereocenters. The zero-order chi connectivity index (χ0) is 19.6. The Hall–Kier alpha value is -1.33. The number of allylic oxidation sites excluding steroid dienone is 2. The average molecular weight is 374 g/mol. The molecule has 4 fully saturated rings. The summed E-state index contributed by atoms with van der Waals surface area (Å²) in [4.78, 5) is 24.4.